The summed E-state index contributed by atoms with van der Waals surface area (Å²) in [5.74, 6) is 1.56. The average Bonchev–Trinajstić information content (AvgIpc) is 3.46. The molecule has 3 aromatic carbocycles. The van der Waals surface area contributed by atoms with E-state index in [-0.39, 0.29) is 24.8 Å². The number of hydrogen-bond acceptors (Lipinski definition) is 8. The van der Waals surface area contributed by atoms with E-state index in [0.29, 0.717) is 44.7 Å². The predicted molar refractivity (Wildman–Crippen MR) is 138 cm³/mol. The summed E-state index contributed by atoms with van der Waals surface area (Å²) in [6.45, 7) is 0.304. The van der Waals surface area contributed by atoms with Gasteiger partial charge in [0.15, 0.2) is 23.0 Å². The molecule has 186 valence electrons. The van der Waals surface area contributed by atoms with Gasteiger partial charge in [-0.2, -0.15) is 5.26 Å². The third kappa shape index (κ3) is 5.07. The number of halogens is 1. The summed E-state index contributed by atoms with van der Waals surface area (Å²) in [7, 11) is 1.51. The fraction of sp³-hybridized carbons (Fsp3) is 0.148. The van der Waals surface area contributed by atoms with E-state index in [4.69, 9.17) is 30.5 Å². The fourth-order valence-electron chi connectivity index (χ4n) is 3.84. The van der Waals surface area contributed by atoms with Crippen molar-refractivity contribution >= 4 is 40.6 Å². The number of carbonyl (C=O) groups is 2. The van der Waals surface area contributed by atoms with E-state index in [0.717, 1.165) is 22.2 Å². The van der Waals surface area contributed by atoms with Gasteiger partial charge in [0, 0.05) is 16.7 Å². The lowest BCUT2D eigenvalue weighted by Gasteiger charge is -2.14. The average molecular weight is 535 g/mol. The van der Waals surface area contributed by atoms with Crippen LogP contribution in [0.15, 0.2) is 59.5 Å². The molecule has 0 aliphatic carbocycles. The van der Waals surface area contributed by atoms with Gasteiger partial charge in [-0.3, -0.25) is 14.5 Å². The molecule has 2 aliphatic rings. The first-order valence-electron chi connectivity index (χ1n) is 11.1. The summed E-state index contributed by atoms with van der Waals surface area (Å²) < 4.78 is 22.0. The van der Waals surface area contributed by atoms with Crippen LogP contribution in [0, 0.1) is 11.3 Å². The quantitative estimate of drug-likeness (QED) is 0.353. The normalized spacial score (nSPS) is 15.3. The van der Waals surface area contributed by atoms with Crippen LogP contribution in [0.4, 0.5) is 4.79 Å². The van der Waals surface area contributed by atoms with Gasteiger partial charge in [0.25, 0.3) is 11.1 Å². The zero-order valence-corrected chi connectivity index (χ0v) is 21.1. The van der Waals surface area contributed by atoms with Crippen LogP contribution in [0.25, 0.3) is 6.08 Å². The van der Waals surface area contributed by atoms with Crippen LogP contribution in [0.3, 0.4) is 0 Å². The fourth-order valence-corrected chi connectivity index (χ4v) is 4.89. The maximum atomic E-state index is 13.0. The Morgan fingerprint density at radius 2 is 1.86 bits per heavy atom. The molecule has 0 atom stereocenters. The van der Waals surface area contributed by atoms with Crippen LogP contribution < -0.4 is 18.9 Å². The van der Waals surface area contributed by atoms with Crippen LogP contribution in [-0.4, -0.2) is 29.9 Å². The lowest BCUT2D eigenvalue weighted by atomic mass is 10.1. The van der Waals surface area contributed by atoms with Crippen molar-refractivity contribution in [2.45, 2.75) is 13.2 Å². The third-order valence-corrected chi connectivity index (χ3v) is 7.01. The minimum absolute atomic E-state index is 0.0117. The van der Waals surface area contributed by atoms with Gasteiger partial charge < -0.3 is 18.9 Å². The molecule has 5 rings (SSSR count). The van der Waals surface area contributed by atoms with Gasteiger partial charge in [-0.25, -0.2) is 0 Å². The molecule has 3 aromatic rings. The molecular weight excluding hydrogens is 516 g/mol. The van der Waals surface area contributed by atoms with Crippen molar-refractivity contribution in [1.82, 2.24) is 4.90 Å². The summed E-state index contributed by atoms with van der Waals surface area (Å²) in [6.07, 6.45) is 1.63. The van der Waals surface area contributed by atoms with Crippen LogP contribution in [-0.2, 0) is 17.9 Å². The number of methoxy groups -OCH3 is 1. The van der Waals surface area contributed by atoms with E-state index in [2.05, 4.69) is 6.07 Å². The Hall–Kier alpha value is -4.13. The number of amides is 2. The van der Waals surface area contributed by atoms with Crippen molar-refractivity contribution in [1.29, 1.82) is 5.26 Å². The molecule has 2 amide bonds. The zero-order valence-electron chi connectivity index (χ0n) is 19.5. The first kappa shape index (κ1) is 24.6. The molecule has 10 heteroatoms. The molecule has 0 spiro atoms. The van der Waals surface area contributed by atoms with Crippen molar-refractivity contribution < 1.29 is 28.5 Å². The van der Waals surface area contributed by atoms with E-state index in [1.807, 2.05) is 12.1 Å². The van der Waals surface area contributed by atoms with Gasteiger partial charge in [0.1, 0.15) is 6.61 Å². The molecule has 2 heterocycles. The van der Waals surface area contributed by atoms with E-state index in [1.54, 1.807) is 48.5 Å². The number of thioether (sulfide) groups is 1. The Labute approximate surface area is 221 Å². The second-order valence-corrected chi connectivity index (χ2v) is 9.43. The van der Waals surface area contributed by atoms with Gasteiger partial charge >= 0.3 is 0 Å². The molecule has 0 bridgehead atoms. The summed E-state index contributed by atoms with van der Waals surface area (Å²) in [5.41, 5.74) is 2.53. The highest BCUT2D eigenvalue weighted by molar-refractivity contribution is 8.18. The highest BCUT2D eigenvalue weighted by atomic mass is 35.5. The largest absolute Gasteiger partial charge is 0.493 e. The standard InChI is InChI=1S/C27H19ClN2O6S/c1-33-22-8-16(6-7-21(22)34-14-18-5-3-2-4-17(18)12-29)9-25-26(31)30(27(32)37-25)13-19-10-23-24(11-20(19)28)36-15-35-23/h2-11H,13-15H2,1H3/b25-9-. The number of rotatable bonds is 7. The summed E-state index contributed by atoms with van der Waals surface area (Å²) in [4.78, 5) is 27.1. The number of nitrogens with zero attached hydrogens (tertiary/aromatic N) is 2. The molecular formula is C27H19ClN2O6S. The number of imide groups is 1. The Balaban J connectivity index is 1.32. The first-order valence-corrected chi connectivity index (χ1v) is 12.3. The number of hydrogen-bond donors (Lipinski definition) is 0. The van der Waals surface area contributed by atoms with E-state index < -0.39 is 11.1 Å². The van der Waals surface area contributed by atoms with Crippen LogP contribution >= 0.6 is 23.4 Å². The summed E-state index contributed by atoms with van der Waals surface area (Å²) >= 11 is 7.18. The molecule has 1 saturated heterocycles. The van der Waals surface area contributed by atoms with Crippen LogP contribution in [0.5, 0.6) is 23.0 Å². The minimum atomic E-state index is -0.420. The topological polar surface area (TPSA) is 98.1 Å². The second-order valence-electron chi connectivity index (χ2n) is 8.03. The predicted octanol–water partition coefficient (Wildman–Crippen LogP) is 5.76. The van der Waals surface area contributed by atoms with Crippen molar-refractivity contribution in [3.63, 3.8) is 0 Å². The van der Waals surface area contributed by atoms with Gasteiger partial charge in [0.2, 0.25) is 6.79 Å². The Morgan fingerprint density at radius 1 is 1.08 bits per heavy atom. The smallest absolute Gasteiger partial charge is 0.293 e. The molecule has 8 nitrogen and oxygen atoms in total. The number of nitriles is 1. The summed E-state index contributed by atoms with van der Waals surface area (Å²) in [5, 5.41) is 9.25. The van der Waals surface area contributed by atoms with Crippen LogP contribution in [0.2, 0.25) is 5.02 Å². The number of fused-ring (bicyclic) bond motifs is 1. The monoisotopic (exact) mass is 534 g/mol. The Morgan fingerprint density at radius 3 is 2.65 bits per heavy atom. The van der Waals surface area contributed by atoms with Crippen LogP contribution in [0.1, 0.15) is 22.3 Å². The molecule has 0 saturated carbocycles. The van der Waals surface area contributed by atoms with Crippen molar-refractivity contribution in [2.75, 3.05) is 13.9 Å². The summed E-state index contributed by atoms with van der Waals surface area (Å²) in [6, 6.07) is 17.8. The van der Waals surface area contributed by atoms with Gasteiger partial charge in [-0.05, 0) is 53.2 Å². The molecule has 2 aliphatic heterocycles. The highest BCUT2D eigenvalue weighted by Gasteiger charge is 2.35. The van der Waals surface area contributed by atoms with E-state index in [1.165, 1.54) is 7.11 Å². The molecule has 0 aromatic heterocycles. The third-order valence-electron chi connectivity index (χ3n) is 5.75. The van der Waals surface area contributed by atoms with E-state index >= 15 is 0 Å². The second kappa shape index (κ2) is 10.5. The van der Waals surface area contributed by atoms with Gasteiger partial charge in [-0.1, -0.05) is 35.9 Å². The first-order chi connectivity index (χ1) is 18.0. The van der Waals surface area contributed by atoms with Gasteiger partial charge in [0.05, 0.1) is 30.2 Å². The Kier molecular flexibility index (Phi) is 6.95. The maximum absolute atomic E-state index is 13.0. The zero-order chi connectivity index (χ0) is 25.9. The lowest BCUT2D eigenvalue weighted by molar-refractivity contribution is -0.123. The lowest BCUT2D eigenvalue weighted by Crippen LogP contribution is -2.27. The number of ether oxygens (including phenoxy) is 4. The maximum Gasteiger partial charge on any atom is 0.293 e. The van der Waals surface area contributed by atoms with Gasteiger partial charge in [-0.15, -0.1) is 0 Å². The van der Waals surface area contributed by atoms with E-state index in [9.17, 15) is 14.9 Å². The Bertz CT molecular complexity index is 1480. The minimum Gasteiger partial charge on any atom is -0.493 e. The number of carbonyl (C=O) groups excluding carboxylic acids is 2. The molecule has 0 N–H and O–H groups in total. The highest BCUT2D eigenvalue weighted by Crippen LogP contribution is 2.40. The van der Waals surface area contributed by atoms with Crippen molar-refractivity contribution in [2.24, 2.45) is 0 Å². The molecule has 0 radical (unpaired) electrons. The van der Waals surface area contributed by atoms with Crippen molar-refractivity contribution in [3.05, 3.63) is 86.8 Å². The number of benzene rings is 3. The molecule has 0 unspecified atom stereocenters. The van der Waals surface area contributed by atoms with Crippen molar-refractivity contribution in [3.8, 4) is 29.1 Å². The SMILES string of the molecule is COc1cc(/C=C2\SC(=O)N(Cc3cc4c(cc3Cl)OCO4)C2=O)ccc1OCc1ccccc1C#N. The molecule has 1 fully saturated rings. The molecule has 37 heavy (non-hydrogen) atoms.